The van der Waals surface area contributed by atoms with Crippen molar-refractivity contribution in [3.8, 4) is 11.3 Å². The molecule has 1 aliphatic heterocycles. The van der Waals surface area contributed by atoms with Crippen LogP contribution in [-0.4, -0.2) is 397 Å². The van der Waals surface area contributed by atoms with Crippen LogP contribution in [0.3, 0.4) is 0 Å². The smallest absolute Gasteiger partial charge is 0.274 e. The van der Waals surface area contributed by atoms with Gasteiger partial charge in [0.2, 0.25) is 17.7 Å². The molecule has 676 valence electrons. The maximum absolute atomic E-state index is 14.0. The van der Waals surface area contributed by atoms with Gasteiger partial charge in [-0.2, -0.15) is 5.10 Å². The molecule has 1 aromatic carbocycles. The Kier molecular flexibility index (Phi) is 65.2. The van der Waals surface area contributed by atoms with Gasteiger partial charge in [0, 0.05) is 74.6 Å². The van der Waals surface area contributed by atoms with Gasteiger partial charge >= 0.3 is 0 Å². The number of imidazole rings is 1. The van der Waals surface area contributed by atoms with E-state index in [-0.39, 0.29) is 53.9 Å². The number of piperazine rings is 1. The Balaban J connectivity index is 0.740. The molecule has 1 saturated heterocycles. The molecule has 4 amide bonds. The first-order chi connectivity index (χ1) is 57.9. The molecule has 0 bridgehead atoms. The average molecular weight is 1690 g/mol. The molecule has 0 atom stereocenters. The van der Waals surface area contributed by atoms with Crippen molar-refractivity contribution >= 4 is 29.3 Å². The van der Waals surface area contributed by atoms with Crippen LogP contribution >= 0.6 is 0 Å². The molecule has 3 aromatic rings. The van der Waals surface area contributed by atoms with Gasteiger partial charge < -0.3 is 129 Å². The van der Waals surface area contributed by atoms with Crippen molar-refractivity contribution in [3.63, 3.8) is 0 Å². The molecule has 1 aliphatic rings. The van der Waals surface area contributed by atoms with Crippen LogP contribution in [0.4, 0.5) is 4.39 Å². The monoisotopic (exact) mass is 1690 g/mol. The number of ether oxygens (including phenoxy) is 23. The fraction of sp³-hybridized carbons (Fsp3) is 0.800. The van der Waals surface area contributed by atoms with Gasteiger partial charge in [0.1, 0.15) is 11.5 Å². The number of hydrogen-bond donors (Lipinski definition) is 2. The largest absolute Gasteiger partial charge is 0.379 e. The molecule has 0 unspecified atom stereocenters. The number of amides is 4. The number of hydrogen-bond acceptors (Lipinski definition) is 30. The molecular formula is C80H137FN10O27. The first-order valence-electron chi connectivity index (χ1n) is 41.5. The second kappa shape index (κ2) is 73.7. The van der Waals surface area contributed by atoms with E-state index in [1.165, 1.54) is 12.1 Å². The fourth-order valence-corrected chi connectivity index (χ4v) is 10.9. The Morgan fingerprint density at radius 2 is 0.771 bits per heavy atom. The number of fused-ring (bicyclic) bond motifs is 1. The summed E-state index contributed by atoms with van der Waals surface area (Å²) in [5, 5.41) is 13.8. The molecule has 0 spiro atoms. The molecule has 3 heterocycles. The van der Waals surface area contributed by atoms with Crippen LogP contribution in [0.1, 0.15) is 88.2 Å². The highest BCUT2D eigenvalue weighted by atomic mass is 19.1. The number of azide groups is 1. The summed E-state index contributed by atoms with van der Waals surface area (Å²) in [5.74, 6) is -0.950. The third-order valence-corrected chi connectivity index (χ3v) is 17.1. The lowest BCUT2D eigenvalue weighted by Gasteiger charge is -2.46. The highest BCUT2D eigenvalue weighted by Crippen LogP contribution is 2.28. The van der Waals surface area contributed by atoms with E-state index < -0.39 is 5.54 Å². The van der Waals surface area contributed by atoms with Gasteiger partial charge in [0.05, 0.1) is 321 Å². The number of carbonyl (C=O) groups is 4. The normalized spacial score (nSPS) is 12.9. The van der Waals surface area contributed by atoms with E-state index in [2.05, 4.69) is 20.7 Å². The van der Waals surface area contributed by atoms with E-state index in [9.17, 15) is 23.6 Å². The van der Waals surface area contributed by atoms with Gasteiger partial charge in [0.15, 0.2) is 5.65 Å². The lowest BCUT2D eigenvalue weighted by Crippen LogP contribution is -2.62. The zero-order valence-electron chi connectivity index (χ0n) is 70.5. The van der Waals surface area contributed by atoms with E-state index in [0.29, 0.717) is 374 Å². The van der Waals surface area contributed by atoms with E-state index in [4.69, 9.17) is 125 Å². The Morgan fingerprint density at radius 1 is 0.441 bits per heavy atom. The number of nitrogens with zero attached hydrogens (tertiary/aromatic N) is 8. The molecule has 0 radical (unpaired) electrons. The maximum atomic E-state index is 14.0. The molecule has 38 heteroatoms. The lowest BCUT2D eigenvalue weighted by molar-refractivity contribution is -0.137. The zero-order valence-corrected chi connectivity index (χ0v) is 70.5. The minimum atomic E-state index is -0.705. The van der Waals surface area contributed by atoms with Crippen molar-refractivity contribution in [2.45, 2.75) is 77.7 Å². The Bertz CT molecular complexity index is 2990. The third-order valence-electron chi connectivity index (χ3n) is 17.1. The van der Waals surface area contributed by atoms with Crippen LogP contribution < -0.4 is 10.6 Å². The third kappa shape index (κ3) is 55.9. The number of unbranched alkanes of at least 4 members (excludes halogenated alkanes) is 2. The van der Waals surface area contributed by atoms with Crippen LogP contribution in [0, 0.1) is 5.82 Å². The summed E-state index contributed by atoms with van der Waals surface area (Å²) in [6, 6.07) is 8.03. The summed E-state index contributed by atoms with van der Waals surface area (Å²) in [5.41, 5.74) is 10.6. The number of rotatable bonds is 84. The van der Waals surface area contributed by atoms with Gasteiger partial charge in [0.25, 0.3) is 5.91 Å². The zero-order chi connectivity index (χ0) is 84.3. The van der Waals surface area contributed by atoms with Gasteiger partial charge in [-0.05, 0) is 68.5 Å². The molecule has 2 aromatic heterocycles. The minimum absolute atomic E-state index is 0.0537. The van der Waals surface area contributed by atoms with E-state index >= 15 is 0 Å². The van der Waals surface area contributed by atoms with Crippen LogP contribution in [0.5, 0.6) is 0 Å². The molecule has 1 fully saturated rings. The van der Waals surface area contributed by atoms with Crippen molar-refractivity contribution < 1.29 is 133 Å². The summed E-state index contributed by atoms with van der Waals surface area (Å²) in [7, 11) is 0. The van der Waals surface area contributed by atoms with Crippen LogP contribution in [0.2, 0.25) is 0 Å². The van der Waals surface area contributed by atoms with Gasteiger partial charge in [-0.15, -0.1) is 0 Å². The molecule has 2 N–H and O–H groups in total. The van der Waals surface area contributed by atoms with Crippen molar-refractivity contribution in [2.24, 2.45) is 5.11 Å². The second-order valence-electron chi connectivity index (χ2n) is 27.2. The first kappa shape index (κ1) is 104. The molecule has 118 heavy (non-hydrogen) atoms. The van der Waals surface area contributed by atoms with Crippen LogP contribution in [0.15, 0.2) is 41.6 Å². The molecule has 4 rings (SSSR count). The van der Waals surface area contributed by atoms with Crippen molar-refractivity contribution in [1.82, 2.24) is 35.0 Å². The summed E-state index contributed by atoms with van der Waals surface area (Å²) in [6.45, 7) is 31.0. The highest BCUT2D eigenvalue weighted by molar-refractivity contribution is 5.94. The van der Waals surface area contributed by atoms with E-state index in [1.54, 1.807) is 32.6 Å². The Morgan fingerprint density at radius 3 is 1.11 bits per heavy atom. The van der Waals surface area contributed by atoms with Crippen molar-refractivity contribution in [2.75, 3.05) is 343 Å². The van der Waals surface area contributed by atoms with Gasteiger partial charge in [-0.1, -0.05) is 25.4 Å². The summed E-state index contributed by atoms with van der Waals surface area (Å²) < 4.78 is 142. The highest BCUT2D eigenvalue weighted by Gasteiger charge is 2.39. The minimum Gasteiger partial charge on any atom is -0.379 e. The molecule has 0 aliphatic carbocycles. The standard InChI is InChI=1S/C80H137FN10O27/c1-69(2)72-66-73(70-9-11-71(81)12-10-70)87-91-67-74(86-78(72)91)79(95)90-19-18-89(68-80(90,3)4)77(94)14-13-76(93)83-15-7-5-6-8-75(92)84-16-20-96-22-24-98-26-28-100-30-32-102-34-36-104-38-40-106-42-44-108-46-48-110-50-52-112-54-56-114-58-60-116-62-64-118-65-63-117-61-59-115-57-55-113-53-51-111-49-47-109-45-43-107-41-39-105-37-35-103-33-31-101-29-27-99-25-23-97-21-17-85-88-82/h9-12,66-67,69H,5-8,13-65,68H2,1-4H3,(H,83,93)(H,84,92). The number of aromatic nitrogens is 3. The average Bonchev–Trinajstić information content (AvgIpc) is 1.53. The fourth-order valence-electron chi connectivity index (χ4n) is 10.9. The van der Waals surface area contributed by atoms with Crippen LogP contribution in [-0.2, 0) is 123 Å². The second-order valence-corrected chi connectivity index (χ2v) is 27.2. The number of benzene rings is 1. The number of carbonyl (C=O) groups excluding carboxylic acids is 4. The lowest BCUT2D eigenvalue weighted by atomic mass is 9.97. The van der Waals surface area contributed by atoms with Gasteiger partial charge in [-0.3, -0.25) is 19.2 Å². The van der Waals surface area contributed by atoms with Gasteiger partial charge in [-0.25, -0.2) is 13.9 Å². The number of halogens is 1. The first-order valence-corrected chi connectivity index (χ1v) is 41.5. The summed E-state index contributed by atoms with van der Waals surface area (Å²) in [6.07, 6.45) is 4.24. The topological polar surface area (TPSA) is 390 Å². The Hall–Kier alpha value is -5.96. The predicted octanol–water partition coefficient (Wildman–Crippen LogP) is 4.99. The molecular weight excluding hydrogens is 1550 g/mol. The Labute approximate surface area is 695 Å². The van der Waals surface area contributed by atoms with Crippen LogP contribution in [0.25, 0.3) is 27.3 Å². The number of nitrogens with one attached hydrogen (secondary N) is 2. The SMILES string of the molecule is CC(C)c1cc(-c2ccc(F)cc2)nn2cc(C(=O)N3CCN(C(=O)CCC(=O)NCCCCCC(=O)NCCOCCOCCOCCOCCOCCOCCOCCOCCOCCOCCOCCOCCOCCOCCOCCOCCOCCOCCOCCOCCOCCOCCOCCN=[N+]=[N-])CC3(C)C)nc12. The van der Waals surface area contributed by atoms with E-state index in [0.717, 1.165) is 17.5 Å². The van der Waals surface area contributed by atoms with E-state index in [1.807, 2.05) is 33.8 Å². The maximum Gasteiger partial charge on any atom is 0.274 e. The predicted molar refractivity (Wildman–Crippen MR) is 431 cm³/mol. The quantitative estimate of drug-likeness (QED) is 0.0325. The summed E-state index contributed by atoms with van der Waals surface area (Å²) >= 11 is 0. The van der Waals surface area contributed by atoms with Crippen molar-refractivity contribution in [3.05, 3.63) is 64.0 Å². The van der Waals surface area contributed by atoms with Crippen molar-refractivity contribution in [1.29, 1.82) is 0 Å². The summed E-state index contributed by atoms with van der Waals surface area (Å²) in [4.78, 5) is 63.0. The molecule has 37 nitrogen and oxygen atoms in total. The molecule has 0 saturated carbocycles.